The molecule has 1 fully saturated rings. The number of amides is 3. The van der Waals surface area contributed by atoms with Gasteiger partial charge >= 0.3 is 6.03 Å². The van der Waals surface area contributed by atoms with E-state index < -0.39 is 18.1 Å². The predicted octanol–water partition coefficient (Wildman–Crippen LogP) is 1.11. The van der Waals surface area contributed by atoms with E-state index in [-0.39, 0.29) is 0 Å². The maximum Gasteiger partial charge on any atom is 0.323 e. The van der Waals surface area contributed by atoms with Crippen molar-refractivity contribution in [1.29, 1.82) is 0 Å². The van der Waals surface area contributed by atoms with Gasteiger partial charge in [-0.3, -0.25) is 15.1 Å². The number of nitrogens with zero attached hydrogens (tertiary/aromatic N) is 1. The first kappa shape index (κ1) is 12.9. The molecule has 7 nitrogen and oxygen atoms in total. The number of benzene rings is 1. The number of nitrogen functional groups attached to an aromatic ring is 1. The number of imide groups is 1. The van der Waals surface area contributed by atoms with Crippen LogP contribution in [0.15, 0.2) is 45.8 Å². The molecule has 1 aliphatic rings. The minimum atomic E-state index is -0.914. The molecule has 1 aromatic heterocycles. The summed E-state index contributed by atoms with van der Waals surface area (Å²) in [5, 5.41) is 4.46. The molecule has 1 saturated heterocycles. The fourth-order valence-corrected chi connectivity index (χ4v) is 1.88. The quantitative estimate of drug-likeness (QED) is 0.445. The number of hydrogen-bond acceptors (Lipinski definition) is 5. The molecule has 1 unspecified atom stereocenters. The van der Waals surface area contributed by atoms with Crippen molar-refractivity contribution in [3.8, 4) is 11.3 Å². The first-order valence-electron chi connectivity index (χ1n) is 6.22. The highest BCUT2D eigenvalue weighted by atomic mass is 16.3. The van der Waals surface area contributed by atoms with Gasteiger partial charge in [0, 0.05) is 11.3 Å². The van der Waals surface area contributed by atoms with E-state index in [9.17, 15) is 9.59 Å². The molecule has 3 rings (SSSR count). The van der Waals surface area contributed by atoms with Gasteiger partial charge in [-0.2, -0.15) is 0 Å². The number of nitrogens with one attached hydrogen (secondary N) is 2. The highest BCUT2D eigenvalue weighted by Gasteiger charge is 2.28. The summed E-state index contributed by atoms with van der Waals surface area (Å²) in [4.78, 5) is 26.2. The molecule has 0 aliphatic carbocycles. The second-order valence-corrected chi connectivity index (χ2v) is 4.47. The van der Waals surface area contributed by atoms with Gasteiger partial charge in [-0.05, 0) is 36.4 Å². The average molecular weight is 284 g/mol. The second-order valence-electron chi connectivity index (χ2n) is 4.47. The lowest BCUT2D eigenvalue weighted by atomic mass is 10.1. The van der Waals surface area contributed by atoms with Crippen LogP contribution in [0.25, 0.3) is 11.3 Å². The first-order chi connectivity index (χ1) is 10.1. The van der Waals surface area contributed by atoms with Crippen LogP contribution in [-0.2, 0) is 4.79 Å². The highest BCUT2D eigenvalue weighted by Crippen LogP contribution is 2.22. The summed E-state index contributed by atoms with van der Waals surface area (Å²) in [6.07, 6.45) is 0.485. The Bertz CT molecular complexity index is 718. The molecule has 21 heavy (non-hydrogen) atoms. The zero-order valence-electron chi connectivity index (χ0n) is 10.9. The smallest absolute Gasteiger partial charge is 0.323 e. The van der Waals surface area contributed by atoms with Crippen molar-refractivity contribution in [2.45, 2.75) is 6.17 Å². The molecule has 1 aliphatic heterocycles. The highest BCUT2D eigenvalue weighted by molar-refractivity contribution is 6.04. The summed E-state index contributed by atoms with van der Waals surface area (Å²) in [5.41, 5.74) is 7.19. The van der Waals surface area contributed by atoms with Crippen molar-refractivity contribution in [3.05, 3.63) is 42.2 Å². The normalized spacial score (nSPS) is 18.0. The Hall–Kier alpha value is -3.09. The summed E-state index contributed by atoms with van der Waals surface area (Å²) < 4.78 is 5.60. The van der Waals surface area contributed by atoms with E-state index in [4.69, 9.17) is 10.2 Å². The summed E-state index contributed by atoms with van der Waals surface area (Å²) >= 11 is 0. The largest absolute Gasteiger partial charge is 0.455 e. The monoisotopic (exact) mass is 284 g/mol. The number of nitrogens with two attached hydrogens (primary N) is 1. The first-order valence-corrected chi connectivity index (χ1v) is 6.22. The van der Waals surface area contributed by atoms with E-state index in [2.05, 4.69) is 15.6 Å². The number of urea groups is 1. The molecule has 106 valence electrons. The third kappa shape index (κ3) is 2.76. The van der Waals surface area contributed by atoms with Crippen LogP contribution in [0.4, 0.5) is 10.5 Å². The van der Waals surface area contributed by atoms with Gasteiger partial charge in [0.15, 0.2) is 0 Å². The molecular weight excluding hydrogens is 272 g/mol. The van der Waals surface area contributed by atoms with Crippen LogP contribution in [0.2, 0.25) is 0 Å². The lowest BCUT2D eigenvalue weighted by Gasteiger charge is -1.98. The van der Waals surface area contributed by atoms with Crippen molar-refractivity contribution >= 4 is 23.8 Å². The predicted molar refractivity (Wildman–Crippen MR) is 76.6 cm³/mol. The van der Waals surface area contributed by atoms with Crippen molar-refractivity contribution in [3.63, 3.8) is 0 Å². The standard InChI is InChI=1S/C14H12N4O3/c15-9-3-1-8(2-4-9)11-6-5-10(21-11)7-16-12-13(19)18-14(20)17-12/h1-7,12H,15H2,(H2,17,18,19,20). The molecule has 7 heteroatoms. The Kier molecular flexibility index (Phi) is 3.15. The third-order valence-corrected chi connectivity index (χ3v) is 2.93. The van der Waals surface area contributed by atoms with E-state index in [0.717, 1.165) is 5.56 Å². The lowest BCUT2D eigenvalue weighted by molar-refractivity contribution is -0.119. The SMILES string of the molecule is Nc1ccc(-c2ccc(C=NC3NC(=O)NC3=O)o2)cc1. The van der Waals surface area contributed by atoms with Crippen LogP contribution in [0.1, 0.15) is 5.76 Å². The number of rotatable bonds is 3. The number of furan rings is 1. The summed E-state index contributed by atoms with van der Waals surface area (Å²) in [6.45, 7) is 0. The van der Waals surface area contributed by atoms with E-state index in [1.165, 1.54) is 6.21 Å². The second kappa shape index (κ2) is 5.12. The molecule has 2 heterocycles. The Morgan fingerprint density at radius 1 is 1.14 bits per heavy atom. The van der Waals surface area contributed by atoms with Gasteiger partial charge in [0.1, 0.15) is 11.5 Å². The van der Waals surface area contributed by atoms with Gasteiger partial charge in [0.05, 0.1) is 6.21 Å². The number of hydrogen-bond donors (Lipinski definition) is 3. The molecule has 0 radical (unpaired) electrons. The lowest BCUT2D eigenvalue weighted by Crippen LogP contribution is -2.26. The van der Waals surface area contributed by atoms with Gasteiger partial charge in [-0.15, -0.1) is 0 Å². The van der Waals surface area contributed by atoms with E-state index >= 15 is 0 Å². The van der Waals surface area contributed by atoms with Gasteiger partial charge in [-0.1, -0.05) is 0 Å². The van der Waals surface area contributed by atoms with Crippen molar-refractivity contribution < 1.29 is 14.0 Å². The Balaban J connectivity index is 1.75. The van der Waals surface area contributed by atoms with Crippen LogP contribution in [0.5, 0.6) is 0 Å². The third-order valence-electron chi connectivity index (χ3n) is 2.93. The van der Waals surface area contributed by atoms with Crippen molar-refractivity contribution in [2.24, 2.45) is 4.99 Å². The zero-order valence-corrected chi connectivity index (χ0v) is 10.9. The van der Waals surface area contributed by atoms with Crippen LogP contribution in [-0.4, -0.2) is 24.3 Å². The van der Waals surface area contributed by atoms with Gasteiger partial charge in [0.25, 0.3) is 5.91 Å². The maximum atomic E-state index is 11.3. The molecule has 2 aromatic rings. The number of carbonyl (C=O) groups excluding carboxylic acids is 2. The average Bonchev–Trinajstić information content (AvgIpc) is 3.04. The molecule has 0 saturated carbocycles. The Morgan fingerprint density at radius 2 is 1.90 bits per heavy atom. The molecule has 1 atom stereocenters. The minimum absolute atomic E-state index is 0.482. The topological polar surface area (TPSA) is 110 Å². The van der Waals surface area contributed by atoms with Crippen molar-refractivity contribution in [1.82, 2.24) is 10.6 Å². The maximum absolute atomic E-state index is 11.3. The molecule has 1 aromatic carbocycles. The van der Waals surface area contributed by atoms with Crippen LogP contribution < -0.4 is 16.4 Å². The summed E-state index contributed by atoms with van der Waals surface area (Å²) in [5.74, 6) is 0.661. The molecular formula is C14H12N4O3. The number of carbonyl (C=O) groups is 2. The summed E-state index contributed by atoms with van der Waals surface area (Å²) in [7, 11) is 0. The Labute approximate surface area is 119 Å². The molecule has 4 N–H and O–H groups in total. The van der Waals surface area contributed by atoms with E-state index in [0.29, 0.717) is 17.2 Å². The zero-order chi connectivity index (χ0) is 14.8. The van der Waals surface area contributed by atoms with Gasteiger partial charge < -0.3 is 15.5 Å². The minimum Gasteiger partial charge on any atom is -0.455 e. The van der Waals surface area contributed by atoms with Gasteiger partial charge in [-0.25, -0.2) is 4.79 Å². The van der Waals surface area contributed by atoms with E-state index in [1.54, 1.807) is 24.3 Å². The fraction of sp³-hybridized carbons (Fsp3) is 0.0714. The Morgan fingerprint density at radius 3 is 2.57 bits per heavy atom. The van der Waals surface area contributed by atoms with E-state index in [1.807, 2.05) is 12.1 Å². The molecule has 3 amide bonds. The fourth-order valence-electron chi connectivity index (χ4n) is 1.88. The summed E-state index contributed by atoms with van der Waals surface area (Å²) in [6, 6.07) is 10.2. The number of aliphatic imine (C=N–C) groups is 1. The van der Waals surface area contributed by atoms with Crippen LogP contribution >= 0.6 is 0 Å². The molecule has 0 spiro atoms. The van der Waals surface area contributed by atoms with Crippen molar-refractivity contribution in [2.75, 3.05) is 5.73 Å². The molecule has 0 bridgehead atoms. The van der Waals surface area contributed by atoms with Crippen LogP contribution in [0.3, 0.4) is 0 Å². The van der Waals surface area contributed by atoms with Crippen LogP contribution in [0, 0.1) is 0 Å². The number of anilines is 1. The van der Waals surface area contributed by atoms with Gasteiger partial charge in [0.2, 0.25) is 6.17 Å².